The van der Waals surface area contributed by atoms with Gasteiger partial charge in [-0.15, -0.1) is 0 Å². The summed E-state index contributed by atoms with van der Waals surface area (Å²) in [5, 5.41) is 3.98. The molecule has 0 amide bonds. The van der Waals surface area contributed by atoms with Crippen LogP contribution in [0, 0.1) is 0 Å². The summed E-state index contributed by atoms with van der Waals surface area (Å²) < 4.78 is 0. The van der Waals surface area contributed by atoms with E-state index in [1.165, 1.54) is 6.42 Å². The van der Waals surface area contributed by atoms with Crippen LogP contribution in [0.1, 0.15) is 32.1 Å². The Balaban J connectivity index is 2.03. The molecule has 1 saturated carbocycles. The van der Waals surface area contributed by atoms with Crippen molar-refractivity contribution >= 4 is 28.9 Å². The van der Waals surface area contributed by atoms with E-state index in [9.17, 15) is 0 Å². The maximum Gasteiger partial charge on any atom is 0.351 e. The van der Waals surface area contributed by atoms with E-state index in [2.05, 4.69) is 20.1 Å². The number of hydrogen-bond acceptors (Lipinski definition) is 5. The molecule has 0 spiro atoms. The minimum atomic E-state index is -0.00107. The molecule has 0 aliphatic heterocycles. The first-order valence-electron chi connectivity index (χ1n) is 5.04. The van der Waals surface area contributed by atoms with Crippen molar-refractivity contribution in [3.63, 3.8) is 0 Å². The Hall–Kier alpha value is -0.940. The second-order valence-electron chi connectivity index (χ2n) is 3.47. The summed E-state index contributed by atoms with van der Waals surface area (Å²) in [6, 6.07) is 0.0306. The lowest BCUT2D eigenvalue weighted by atomic mass is 9.99. The molecular formula is C9H10Cl2N4O. The van der Waals surface area contributed by atoms with Crippen LogP contribution in [0.15, 0.2) is 5.16 Å². The number of aromatic nitrogens is 3. The molecule has 0 saturated heterocycles. The minimum absolute atomic E-state index is 0.00107. The lowest BCUT2D eigenvalue weighted by Gasteiger charge is -2.10. The van der Waals surface area contributed by atoms with E-state index in [1.807, 2.05) is 0 Å². The van der Waals surface area contributed by atoms with Gasteiger partial charge in [0.15, 0.2) is 0 Å². The Morgan fingerprint density at radius 3 is 2.19 bits per heavy atom. The molecule has 5 nitrogen and oxygen atoms in total. The smallest absolute Gasteiger partial charge is 0.315 e. The summed E-state index contributed by atoms with van der Waals surface area (Å²) in [4.78, 5) is 16.2. The molecule has 2 rings (SSSR count). The summed E-state index contributed by atoms with van der Waals surface area (Å²) in [7, 11) is 0. The van der Waals surface area contributed by atoms with Crippen molar-refractivity contribution in [3.8, 4) is 6.01 Å². The van der Waals surface area contributed by atoms with E-state index in [0.717, 1.165) is 31.4 Å². The fourth-order valence-corrected chi connectivity index (χ4v) is 1.85. The predicted molar refractivity (Wildman–Crippen MR) is 61.0 cm³/mol. The molecular weight excluding hydrogens is 251 g/mol. The van der Waals surface area contributed by atoms with Gasteiger partial charge in [0.2, 0.25) is 10.6 Å². The van der Waals surface area contributed by atoms with Crippen LogP contribution in [0.25, 0.3) is 0 Å². The van der Waals surface area contributed by atoms with Crippen LogP contribution in [0.4, 0.5) is 0 Å². The Kier molecular flexibility index (Phi) is 3.90. The van der Waals surface area contributed by atoms with Gasteiger partial charge in [-0.25, -0.2) is 0 Å². The molecule has 0 aromatic carbocycles. The number of oxime groups is 1. The van der Waals surface area contributed by atoms with Crippen molar-refractivity contribution in [2.24, 2.45) is 5.16 Å². The van der Waals surface area contributed by atoms with Gasteiger partial charge >= 0.3 is 6.01 Å². The Morgan fingerprint density at radius 1 is 0.938 bits per heavy atom. The van der Waals surface area contributed by atoms with E-state index in [0.29, 0.717) is 0 Å². The molecule has 0 atom stereocenters. The Morgan fingerprint density at radius 2 is 1.56 bits per heavy atom. The van der Waals surface area contributed by atoms with E-state index in [4.69, 9.17) is 28.0 Å². The normalized spacial score (nSPS) is 16.0. The molecule has 1 aliphatic carbocycles. The predicted octanol–water partition coefficient (Wildman–Crippen LogP) is 2.88. The molecule has 0 radical (unpaired) electrons. The zero-order valence-electron chi connectivity index (χ0n) is 8.49. The quantitative estimate of drug-likeness (QED) is 0.768. The van der Waals surface area contributed by atoms with Crippen molar-refractivity contribution in [3.05, 3.63) is 10.6 Å². The van der Waals surface area contributed by atoms with Crippen LogP contribution in [0.2, 0.25) is 10.6 Å². The highest BCUT2D eigenvalue weighted by Crippen LogP contribution is 2.16. The number of halogens is 2. The molecule has 0 N–H and O–H groups in total. The maximum absolute atomic E-state index is 5.60. The van der Waals surface area contributed by atoms with Gasteiger partial charge in [-0.1, -0.05) is 11.6 Å². The Labute approximate surface area is 103 Å². The first kappa shape index (κ1) is 11.5. The molecule has 1 heterocycles. The van der Waals surface area contributed by atoms with E-state index in [-0.39, 0.29) is 16.6 Å². The third-order valence-electron chi connectivity index (χ3n) is 2.25. The van der Waals surface area contributed by atoms with Crippen LogP contribution in [-0.2, 0) is 0 Å². The lowest BCUT2D eigenvalue weighted by Crippen LogP contribution is -2.07. The average Bonchev–Trinajstić information content (AvgIpc) is 2.27. The van der Waals surface area contributed by atoms with Crippen LogP contribution in [0.5, 0.6) is 6.01 Å². The van der Waals surface area contributed by atoms with E-state index in [1.54, 1.807) is 0 Å². The van der Waals surface area contributed by atoms with Gasteiger partial charge < -0.3 is 4.84 Å². The number of hydrogen-bond donors (Lipinski definition) is 0. The summed E-state index contributed by atoms with van der Waals surface area (Å²) >= 11 is 11.2. The summed E-state index contributed by atoms with van der Waals surface area (Å²) in [5.41, 5.74) is 1.03. The van der Waals surface area contributed by atoms with Gasteiger partial charge in [0.1, 0.15) is 0 Å². The Bertz CT molecular complexity index is 382. The molecule has 16 heavy (non-hydrogen) atoms. The first-order valence-corrected chi connectivity index (χ1v) is 5.79. The number of nitrogens with zero attached hydrogens (tertiary/aromatic N) is 4. The fourth-order valence-electron chi connectivity index (χ4n) is 1.51. The largest absolute Gasteiger partial charge is 0.351 e. The zero-order valence-corrected chi connectivity index (χ0v) is 10.0. The van der Waals surface area contributed by atoms with Gasteiger partial charge in [-0.05, 0) is 48.9 Å². The second-order valence-corrected chi connectivity index (χ2v) is 4.14. The molecule has 1 aromatic rings. The van der Waals surface area contributed by atoms with Gasteiger partial charge in [-0.3, -0.25) is 0 Å². The monoisotopic (exact) mass is 260 g/mol. The minimum Gasteiger partial charge on any atom is -0.315 e. The SMILES string of the molecule is Clc1nc(Cl)nc(ON=C2CCCCC2)n1. The van der Waals surface area contributed by atoms with Crippen molar-refractivity contribution in [2.45, 2.75) is 32.1 Å². The van der Waals surface area contributed by atoms with Crippen LogP contribution < -0.4 is 4.84 Å². The highest BCUT2D eigenvalue weighted by Gasteiger charge is 2.09. The molecule has 86 valence electrons. The van der Waals surface area contributed by atoms with Crippen molar-refractivity contribution < 1.29 is 4.84 Å². The highest BCUT2D eigenvalue weighted by atomic mass is 35.5. The van der Waals surface area contributed by atoms with Gasteiger partial charge in [0.25, 0.3) is 0 Å². The van der Waals surface area contributed by atoms with Gasteiger partial charge in [0.05, 0.1) is 5.71 Å². The van der Waals surface area contributed by atoms with E-state index < -0.39 is 0 Å². The average molecular weight is 261 g/mol. The third kappa shape index (κ3) is 3.28. The van der Waals surface area contributed by atoms with Gasteiger partial charge in [0, 0.05) is 0 Å². The fraction of sp³-hybridized carbons (Fsp3) is 0.556. The topological polar surface area (TPSA) is 60.3 Å². The molecule has 0 unspecified atom stereocenters. The van der Waals surface area contributed by atoms with Gasteiger partial charge in [-0.2, -0.15) is 15.0 Å². The van der Waals surface area contributed by atoms with Crippen molar-refractivity contribution in [2.75, 3.05) is 0 Å². The molecule has 1 aromatic heterocycles. The van der Waals surface area contributed by atoms with Crippen LogP contribution in [0.3, 0.4) is 0 Å². The molecule has 7 heteroatoms. The molecule has 0 bridgehead atoms. The summed E-state index contributed by atoms with van der Waals surface area (Å²) in [6.45, 7) is 0. The zero-order chi connectivity index (χ0) is 11.4. The standard InChI is InChI=1S/C9H10Cl2N4O/c10-7-12-8(11)14-9(13-7)16-15-6-4-2-1-3-5-6/h1-5H2. The summed E-state index contributed by atoms with van der Waals surface area (Å²) in [6.07, 6.45) is 5.49. The van der Waals surface area contributed by atoms with E-state index >= 15 is 0 Å². The lowest BCUT2D eigenvalue weighted by molar-refractivity contribution is 0.307. The van der Waals surface area contributed by atoms with Crippen LogP contribution in [-0.4, -0.2) is 20.7 Å². The number of rotatable bonds is 2. The van der Waals surface area contributed by atoms with Crippen molar-refractivity contribution in [1.82, 2.24) is 15.0 Å². The first-order chi connectivity index (χ1) is 7.74. The molecule has 1 fully saturated rings. The third-order valence-corrected chi connectivity index (χ3v) is 2.59. The van der Waals surface area contributed by atoms with Crippen molar-refractivity contribution in [1.29, 1.82) is 0 Å². The summed E-state index contributed by atoms with van der Waals surface area (Å²) in [5.74, 6) is 0. The van der Waals surface area contributed by atoms with Crippen LogP contribution >= 0.6 is 23.2 Å². The molecule has 1 aliphatic rings. The maximum atomic E-state index is 5.60. The second kappa shape index (κ2) is 5.41. The highest BCUT2D eigenvalue weighted by molar-refractivity contribution is 6.31.